The molecule has 3 rings (SSSR count). The van der Waals surface area contributed by atoms with E-state index in [2.05, 4.69) is 47.9 Å². The molecule has 1 aliphatic rings. The molecule has 1 amide bonds. The summed E-state index contributed by atoms with van der Waals surface area (Å²) in [6, 6.07) is 16.8. The number of nitriles is 1. The van der Waals surface area contributed by atoms with E-state index in [1.165, 1.54) is 16.3 Å². The van der Waals surface area contributed by atoms with Gasteiger partial charge in [-0.15, -0.1) is 0 Å². The monoisotopic (exact) mass is 321 g/mol. The van der Waals surface area contributed by atoms with Crippen molar-refractivity contribution in [1.29, 1.82) is 5.26 Å². The topological polar surface area (TPSA) is 64.9 Å². The third-order valence-electron chi connectivity index (χ3n) is 4.91. The van der Waals surface area contributed by atoms with Gasteiger partial charge in [-0.25, -0.2) is 0 Å². The van der Waals surface area contributed by atoms with Crippen LogP contribution in [0.15, 0.2) is 42.5 Å². The molecule has 0 unspecified atom stereocenters. The minimum atomic E-state index is -0.651. The van der Waals surface area contributed by atoms with Crippen LogP contribution in [0.1, 0.15) is 44.2 Å². The van der Waals surface area contributed by atoms with Crippen LogP contribution in [0.4, 0.5) is 0 Å². The molecular formula is C20H23N3O. The fraction of sp³-hybridized carbons (Fsp3) is 0.400. The van der Waals surface area contributed by atoms with Gasteiger partial charge >= 0.3 is 0 Å². The molecule has 0 radical (unpaired) electrons. The van der Waals surface area contributed by atoms with E-state index in [-0.39, 0.29) is 18.5 Å². The zero-order valence-corrected chi connectivity index (χ0v) is 14.0. The first-order valence-corrected chi connectivity index (χ1v) is 8.57. The molecule has 124 valence electrons. The summed E-state index contributed by atoms with van der Waals surface area (Å²) in [5.41, 5.74) is 0.526. The van der Waals surface area contributed by atoms with Crippen molar-refractivity contribution in [3.63, 3.8) is 0 Å². The molecule has 0 spiro atoms. The maximum Gasteiger partial charge on any atom is 0.235 e. The third-order valence-corrected chi connectivity index (χ3v) is 4.91. The van der Waals surface area contributed by atoms with Crippen molar-refractivity contribution in [2.45, 2.75) is 44.2 Å². The SMILES string of the molecule is C[C@H](NCC(=O)NC1(C#N)CCCC1)c1cccc2ccccc12. The molecule has 1 saturated carbocycles. The second-order valence-corrected chi connectivity index (χ2v) is 6.62. The molecule has 1 fully saturated rings. The fourth-order valence-corrected chi connectivity index (χ4v) is 3.54. The first-order valence-electron chi connectivity index (χ1n) is 8.57. The first kappa shape index (κ1) is 16.5. The number of rotatable bonds is 5. The minimum Gasteiger partial charge on any atom is -0.337 e. The van der Waals surface area contributed by atoms with Crippen LogP contribution in [0.3, 0.4) is 0 Å². The highest BCUT2D eigenvalue weighted by Gasteiger charge is 2.35. The van der Waals surface area contributed by atoms with Crippen LogP contribution >= 0.6 is 0 Å². The predicted octanol–water partition coefficient (Wildman–Crippen LogP) is 3.44. The first-order chi connectivity index (χ1) is 11.6. The van der Waals surface area contributed by atoms with Crippen molar-refractivity contribution in [2.24, 2.45) is 0 Å². The lowest BCUT2D eigenvalue weighted by atomic mass is 9.99. The molecule has 0 bridgehead atoms. The van der Waals surface area contributed by atoms with E-state index in [0.717, 1.165) is 25.7 Å². The quantitative estimate of drug-likeness (QED) is 0.886. The number of nitrogens with one attached hydrogen (secondary N) is 2. The summed E-state index contributed by atoms with van der Waals surface area (Å²) in [4.78, 5) is 12.2. The average Bonchev–Trinajstić information content (AvgIpc) is 3.08. The van der Waals surface area contributed by atoms with Crippen LogP contribution in [0.5, 0.6) is 0 Å². The summed E-state index contributed by atoms with van der Waals surface area (Å²) < 4.78 is 0. The second-order valence-electron chi connectivity index (χ2n) is 6.62. The lowest BCUT2D eigenvalue weighted by molar-refractivity contribution is -0.121. The van der Waals surface area contributed by atoms with Crippen molar-refractivity contribution in [1.82, 2.24) is 10.6 Å². The van der Waals surface area contributed by atoms with Crippen molar-refractivity contribution >= 4 is 16.7 Å². The van der Waals surface area contributed by atoms with E-state index in [1.54, 1.807) is 0 Å². The third kappa shape index (κ3) is 3.42. The smallest absolute Gasteiger partial charge is 0.235 e. The van der Waals surface area contributed by atoms with Crippen LogP contribution in [0.25, 0.3) is 10.8 Å². The lowest BCUT2D eigenvalue weighted by Crippen LogP contribution is -2.48. The number of benzene rings is 2. The zero-order chi connectivity index (χ0) is 17.0. The van der Waals surface area contributed by atoms with E-state index in [4.69, 9.17) is 0 Å². The van der Waals surface area contributed by atoms with Gasteiger partial charge in [0.15, 0.2) is 0 Å². The van der Waals surface area contributed by atoms with Gasteiger partial charge in [0, 0.05) is 6.04 Å². The van der Waals surface area contributed by atoms with Gasteiger partial charge in [0.25, 0.3) is 0 Å². The molecule has 0 aromatic heterocycles. The van der Waals surface area contributed by atoms with E-state index in [1.807, 2.05) is 18.2 Å². The molecule has 1 aliphatic carbocycles. The highest BCUT2D eigenvalue weighted by molar-refractivity contribution is 5.86. The van der Waals surface area contributed by atoms with Crippen LogP contribution in [-0.2, 0) is 4.79 Å². The number of hydrogen-bond donors (Lipinski definition) is 2. The summed E-state index contributed by atoms with van der Waals surface area (Å²) in [5.74, 6) is -0.106. The molecule has 0 aliphatic heterocycles. The molecule has 2 aromatic carbocycles. The Bertz CT molecular complexity index is 767. The molecular weight excluding hydrogens is 298 g/mol. The van der Waals surface area contributed by atoms with E-state index in [9.17, 15) is 10.1 Å². The normalized spacial score (nSPS) is 17.3. The Hall–Kier alpha value is -2.38. The number of amides is 1. The van der Waals surface area contributed by atoms with Gasteiger partial charge in [0.2, 0.25) is 5.91 Å². The largest absolute Gasteiger partial charge is 0.337 e. The van der Waals surface area contributed by atoms with Gasteiger partial charge in [0.05, 0.1) is 12.6 Å². The van der Waals surface area contributed by atoms with E-state index in [0.29, 0.717) is 0 Å². The summed E-state index contributed by atoms with van der Waals surface area (Å²) in [7, 11) is 0. The number of hydrogen-bond acceptors (Lipinski definition) is 3. The molecule has 4 heteroatoms. The van der Waals surface area contributed by atoms with Crippen molar-refractivity contribution in [3.05, 3.63) is 48.0 Å². The molecule has 0 heterocycles. The maximum atomic E-state index is 12.2. The average molecular weight is 321 g/mol. The maximum absolute atomic E-state index is 12.2. The van der Waals surface area contributed by atoms with Gasteiger partial charge in [-0.3, -0.25) is 4.79 Å². The van der Waals surface area contributed by atoms with E-state index >= 15 is 0 Å². The highest BCUT2D eigenvalue weighted by atomic mass is 16.2. The highest BCUT2D eigenvalue weighted by Crippen LogP contribution is 2.29. The van der Waals surface area contributed by atoms with Gasteiger partial charge in [0.1, 0.15) is 5.54 Å². The van der Waals surface area contributed by atoms with Crippen molar-refractivity contribution < 1.29 is 4.79 Å². The number of nitrogens with zero attached hydrogens (tertiary/aromatic N) is 1. The second kappa shape index (κ2) is 7.02. The molecule has 1 atom stereocenters. The van der Waals surface area contributed by atoms with Crippen LogP contribution in [0.2, 0.25) is 0 Å². The molecule has 2 N–H and O–H groups in total. The van der Waals surface area contributed by atoms with E-state index < -0.39 is 5.54 Å². The van der Waals surface area contributed by atoms with Gasteiger partial charge in [-0.05, 0) is 48.9 Å². The predicted molar refractivity (Wildman–Crippen MR) is 95.3 cm³/mol. The number of carbonyl (C=O) groups excluding carboxylic acids is 1. The summed E-state index contributed by atoms with van der Waals surface area (Å²) in [6.07, 6.45) is 3.53. The Morgan fingerprint density at radius 3 is 2.67 bits per heavy atom. The summed E-state index contributed by atoms with van der Waals surface area (Å²) >= 11 is 0. The van der Waals surface area contributed by atoms with Crippen molar-refractivity contribution in [2.75, 3.05) is 6.54 Å². The standard InChI is InChI=1S/C20H23N3O/c1-15(17-10-6-8-16-7-2-3-9-18(16)17)22-13-19(24)23-20(14-21)11-4-5-12-20/h2-3,6-10,15,22H,4-5,11-13H2,1H3,(H,23,24)/t15-/m0/s1. The minimum absolute atomic E-state index is 0.0588. The van der Waals surface area contributed by atoms with Crippen LogP contribution in [0, 0.1) is 11.3 Å². The number of fused-ring (bicyclic) bond motifs is 1. The lowest BCUT2D eigenvalue weighted by Gasteiger charge is -2.23. The summed E-state index contributed by atoms with van der Waals surface area (Å²) in [6.45, 7) is 2.28. The Labute approximate surface area is 142 Å². The van der Waals surface area contributed by atoms with Crippen LogP contribution in [-0.4, -0.2) is 18.0 Å². The van der Waals surface area contributed by atoms with Crippen LogP contribution < -0.4 is 10.6 Å². The Morgan fingerprint density at radius 1 is 1.21 bits per heavy atom. The summed E-state index contributed by atoms with van der Waals surface area (Å²) in [5, 5.41) is 18.0. The van der Waals surface area contributed by atoms with Gasteiger partial charge in [-0.2, -0.15) is 5.26 Å². The molecule has 4 nitrogen and oxygen atoms in total. The molecule has 24 heavy (non-hydrogen) atoms. The fourth-order valence-electron chi connectivity index (χ4n) is 3.54. The number of carbonyl (C=O) groups is 1. The van der Waals surface area contributed by atoms with Gasteiger partial charge < -0.3 is 10.6 Å². The molecule has 0 saturated heterocycles. The Balaban J connectivity index is 1.64. The van der Waals surface area contributed by atoms with Gasteiger partial charge in [-0.1, -0.05) is 42.5 Å². The van der Waals surface area contributed by atoms with Crippen molar-refractivity contribution in [3.8, 4) is 6.07 Å². The Kier molecular flexibility index (Phi) is 4.82. The Morgan fingerprint density at radius 2 is 1.92 bits per heavy atom. The zero-order valence-electron chi connectivity index (χ0n) is 14.0. The molecule has 2 aromatic rings.